The minimum atomic E-state index is -0.631. The fraction of sp³-hybridized carbons (Fsp3) is 0. The zero-order chi connectivity index (χ0) is 18.8. The van der Waals surface area contributed by atoms with Crippen LogP contribution < -0.4 is 11.2 Å². The Morgan fingerprint density at radius 1 is 1.04 bits per heavy atom. The largest absolute Gasteiger partial charge is 0.455 e. The van der Waals surface area contributed by atoms with Crippen LogP contribution in [0, 0.1) is 11.3 Å². The summed E-state index contributed by atoms with van der Waals surface area (Å²) in [4.78, 5) is 27.1. The highest BCUT2D eigenvalue weighted by Gasteiger charge is 2.07. The Labute approximate surface area is 152 Å². The summed E-state index contributed by atoms with van der Waals surface area (Å²) in [5, 5.41) is 13.2. The van der Waals surface area contributed by atoms with Gasteiger partial charge in [-0.3, -0.25) is 4.79 Å². The Bertz CT molecular complexity index is 1320. The van der Waals surface area contributed by atoms with Gasteiger partial charge in [0.25, 0.3) is 5.56 Å². The number of rotatable bonds is 3. The van der Waals surface area contributed by atoms with Crippen LogP contribution in [0.5, 0.6) is 0 Å². The van der Waals surface area contributed by atoms with Crippen LogP contribution in [0.3, 0.4) is 0 Å². The molecule has 130 valence electrons. The molecular weight excluding hydrogens is 344 g/mol. The lowest BCUT2D eigenvalue weighted by molar-refractivity contribution is 0.573. The summed E-state index contributed by atoms with van der Waals surface area (Å²) in [6.45, 7) is 0. The normalized spacial score (nSPS) is 11.1. The number of aromatic amines is 1. The van der Waals surface area contributed by atoms with Gasteiger partial charge in [-0.25, -0.2) is 4.79 Å². The summed E-state index contributed by atoms with van der Waals surface area (Å²) in [5.41, 5.74) is 0.676. The van der Waals surface area contributed by atoms with Crippen molar-refractivity contribution in [3.05, 3.63) is 92.8 Å². The molecule has 27 heavy (non-hydrogen) atoms. The van der Waals surface area contributed by atoms with E-state index >= 15 is 0 Å². The molecule has 0 bridgehead atoms. The first-order chi connectivity index (χ1) is 13.2. The maximum Gasteiger partial charge on any atom is 0.349 e. The number of para-hydroxylation sites is 1. The van der Waals surface area contributed by atoms with E-state index in [4.69, 9.17) is 9.68 Å². The van der Waals surface area contributed by atoms with Gasteiger partial charge in [0.1, 0.15) is 11.5 Å². The number of furan rings is 1. The summed E-state index contributed by atoms with van der Waals surface area (Å²) < 4.78 is 6.43. The van der Waals surface area contributed by atoms with E-state index in [9.17, 15) is 9.59 Å². The average molecular weight is 356 g/mol. The highest BCUT2D eigenvalue weighted by Crippen LogP contribution is 2.21. The molecule has 0 aliphatic carbocycles. The quantitative estimate of drug-likeness (QED) is 0.570. The second kappa shape index (κ2) is 6.61. The van der Waals surface area contributed by atoms with Gasteiger partial charge in [0.2, 0.25) is 0 Å². The monoisotopic (exact) mass is 356 g/mol. The molecule has 0 unspecified atom stereocenters. The number of aromatic nitrogens is 2. The van der Waals surface area contributed by atoms with Crippen LogP contribution in [0.15, 0.2) is 79.8 Å². The van der Waals surface area contributed by atoms with Crippen molar-refractivity contribution in [2.24, 2.45) is 5.10 Å². The lowest BCUT2D eigenvalue weighted by atomic mass is 10.1. The van der Waals surface area contributed by atoms with Gasteiger partial charge >= 0.3 is 5.69 Å². The Morgan fingerprint density at radius 3 is 2.59 bits per heavy atom. The lowest BCUT2D eigenvalue weighted by Gasteiger charge is -2.00. The van der Waals surface area contributed by atoms with Crippen molar-refractivity contribution in [3.8, 4) is 17.4 Å². The van der Waals surface area contributed by atoms with E-state index in [1.165, 1.54) is 6.21 Å². The Balaban J connectivity index is 1.67. The topological polar surface area (TPSA) is 104 Å². The first-order valence-electron chi connectivity index (χ1n) is 8.04. The smallest absolute Gasteiger partial charge is 0.349 e. The molecule has 0 atom stereocenters. The van der Waals surface area contributed by atoms with Crippen molar-refractivity contribution < 1.29 is 4.42 Å². The predicted molar refractivity (Wildman–Crippen MR) is 101 cm³/mol. The van der Waals surface area contributed by atoms with Gasteiger partial charge in [-0.05, 0) is 48.5 Å². The van der Waals surface area contributed by atoms with Crippen LogP contribution in [-0.2, 0) is 0 Å². The zero-order valence-corrected chi connectivity index (χ0v) is 13.9. The second-order valence-electron chi connectivity index (χ2n) is 5.73. The number of H-pyrrole nitrogens is 1. The molecule has 0 aliphatic heterocycles. The molecule has 0 saturated carbocycles. The fourth-order valence-electron chi connectivity index (χ4n) is 2.66. The Hall–Kier alpha value is -4.18. The van der Waals surface area contributed by atoms with Gasteiger partial charge in [-0.15, -0.1) is 4.68 Å². The van der Waals surface area contributed by atoms with E-state index < -0.39 is 11.2 Å². The first-order valence-corrected chi connectivity index (χ1v) is 8.04. The standard InChI is InChI=1S/C20H12N4O3/c21-11-13-5-7-14(8-6-13)18-10-9-15(27-18)12-22-24-19(25)16-3-1-2-4-17(16)23-20(24)26/h1-10,12H,(H,23,26). The average Bonchev–Trinajstić information content (AvgIpc) is 3.17. The molecule has 0 aliphatic rings. The molecule has 2 heterocycles. The molecule has 0 saturated heterocycles. The van der Waals surface area contributed by atoms with Crippen molar-refractivity contribution in [1.29, 1.82) is 5.26 Å². The summed E-state index contributed by atoms with van der Waals surface area (Å²) in [5.74, 6) is 0.967. The third-order valence-corrected chi connectivity index (χ3v) is 4.01. The molecule has 1 N–H and O–H groups in total. The van der Waals surface area contributed by atoms with Gasteiger partial charge in [0.05, 0.1) is 28.8 Å². The highest BCUT2D eigenvalue weighted by molar-refractivity contribution is 5.79. The number of nitriles is 1. The van der Waals surface area contributed by atoms with Gasteiger partial charge < -0.3 is 9.40 Å². The molecule has 0 radical (unpaired) electrons. The van der Waals surface area contributed by atoms with Gasteiger partial charge in [0, 0.05) is 5.56 Å². The molecule has 0 fully saturated rings. The fourth-order valence-corrected chi connectivity index (χ4v) is 2.66. The second-order valence-corrected chi connectivity index (χ2v) is 5.73. The van der Waals surface area contributed by atoms with Crippen LogP contribution in [0.1, 0.15) is 11.3 Å². The van der Waals surface area contributed by atoms with Crippen molar-refractivity contribution in [3.63, 3.8) is 0 Å². The van der Waals surface area contributed by atoms with E-state index in [-0.39, 0.29) is 0 Å². The summed E-state index contributed by atoms with van der Waals surface area (Å²) >= 11 is 0. The molecule has 7 nitrogen and oxygen atoms in total. The van der Waals surface area contributed by atoms with Gasteiger partial charge in [0.15, 0.2) is 0 Å². The van der Waals surface area contributed by atoms with Crippen molar-refractivity contribution in [2.75, 3.05) is 0 Å². The number of nitrogens with zero attached hydrogens (tertiary/aromatic N) is 3. The maximum absolute atomic E-state index is 12.4. The first kappa shape index (κ1) is 16.3. The van der Waals surface area contributed by atoms with E-state index in [2.05, 4.69) is 16.2 Å². The van der Waals surface area contributed by atoms with E-state index in [0.717, 1.165) is 10.2 Å². The van der Waals surface area contributed by atoms with Crippen LogP contribution in [-0.4, -0.2) is 15.9 Å². The lowest BCUT2D eigenvalue weighted by Crippen LogP contribution is -2.32. The van der Waals surface area contributed by atoms with Gasteiger partial charge in [-0.2, -0.15) is 10.4 Å². The third kappa shape index (κ3) is 3.07. The number of benzene rings is 2. The molecule has 7 heteroatoms. The molecule has 4 rings (SSSR count). The summed E-state index contributed by atoms with van der Waals surface area (Å²) in [7, 11) is 0. The van der Waals surface area contributed by atoms with E-state index in [0.29, 0.717) is 28.0 Å². The van der Waals surface area contributed by atoms with Crippen molar-refractivity contribution in [2.45, 2.75) is 0 Å². The number of hydrogen-bond donors (Lipinski definition) is 1. The molecule has 0 spiro atoms. The molecule has 2 aromatic heterocycles. The molecule has 4 aromatic rings. The van der Waals surface area contributed by atoms with Crippen LogP contribution >= 0.6 is 0 Å². The summed E-state index contributed by atoms with van der Waals surface area (Å²) in [6, 6.07) is 19.1. The predicted octanol–water partition coefficient (Wildman–Crippen LogP) is 2.70. The van der Waals surface area contributed by atoms with E-state index in [1.807, 2.05) is 0 Å². The highest BCUT2D eigenvalue weighted by atomic mass is 16.3. The molecular formula is C20H12N4O3. The van der Waals surface area contributed by atoms with Crippen LogP contribution in [0.4, 0.5) is 0 Å². The molecule has 2 aromatic carbocycles. The zero-order valence-electron chi connectivity index (χ0n) is 13.9. The number of fused-ring (bicyclic) bond motifs is 1. The maximum atomic E-state index is 12.4. The van der Waals surface area contributed by atoms with Crippen LogP contribution in [0.2, 0.25) is 0 Å². The SMILES string of the molecule is N#Cc1ccc(-c2ccc(C=Nn3c(=O)[nH]c4ccccc4c3=O)o2)cc1. The van der Waals surface area contributed by atoms with Gasteiger partial charge in [-0.1, -0.05) is 12.1 Å². The van der Waals surface area contributed by atoms with Crippen molar-refractivity contribution >= 4 is 17.1 Å². The van der Waals surface area contributed by atoms with Crippen LogP contribution in [0.25, 0.3) is 22.2 Å². The minimum absolute atomic E-state index is 0.368. The molecule has 0 amide bonds. The number of nitrogens with one attached hydrogen (secondary N) is 1. The summed E-state index contributed by atoms with van der Waals surface area (Å²) in [6.07, 6.45) is 1.30. The third-order valence-electron chi connectivity index (χ3n) is 4.01. The van der Waals surface area contributed by atoms with E-state index in [1.54, 1.807) is 60.7 Å². The minimum Gasteiger partial charge on any atom is -0.455 e. The number of hydrogen-bond acceptors (Lipinski definition) is 5. The Kier molecular flexibility index (Phi) is 3.99. The Morgan fingerprint density at radius 2 is 1.81 bits per heavy atom. The van der Waals surface area contributed by atoms with Crippen molar-refractivity contribution in [1.82, 2.24) is 9.66 Å².